The summed E-state index contributed by atoms with van der Waals surface area (Å²) in [6.45, 7) is 7.23. The van der Waals surface area contributed by atoms with E-state index in [0.29, 0.717) is 5.16 Å². The average molecular weight is 144 g/mol. The van der Waals surface area contributed by atoms with E-state index in [2.05, 4.69) is 11.6 Å². The minimum atomic E-state index is 0.507. The number of allylic oxidation sites excluding steroid dienone is 2. The van der Waals surface area contributed by atoms with Crippen LogP contribution in [0.5, 0.6) is 0 Å². The van der Waals surface area contributed by atoms with E-state index in [1.807, 2.05) is 13.8 Å². The van der Waals surface area contributed by atoms with Crippen LogP contribution in [-0.4, -0.2) is 6.21 Å². The van der Waals surface area contributed by atoms with Crippen molar-refractivity contribution < 1.29 is 0 Å². The lowest BCUT2D eigenvalue weighted by Gasteiger charge is -1.90. The topological polar surface area (TPSA) is 12.4 Å². The van der Waals surface area contributed by atoms with Gasteiger partial charge in [-0.2, -0.15) is 0 Å². The zero-order chi connectivity index (χ0) is 7.28. The van der Waals surface area contributed by atoms with Crippen LogP contribution < -0.4 is 0 Å². The molecule has 0 heterocycles. The van der Waals surface area contributed by atoms with Crippen molar-refractivity contribution in [3.8, 4) is 0 Å². The Bertz CT molecular complexity index is 156. The van der Waals surface area contributed by atoms with Crippen LogP contribution in [0.25, 0.3) is 0 Å². The summed E-state index contributed by atoms with van der Waals surface area (Å²) in [5.74, 6) is 0. The number of nitrogens with zero attached hydrogens (tertiary/aromatic N) is 1. The summed E-state index contributed by atoms with van der Waals surface area (Å²) in [4.78, 5) is 3.84. The monoisotopic (exact) mass is 143 g/mol. The summed E-state index contributed by atoms with van der Waals surface area (Å²) in [6, 6.07) is 0. The molecule has 0 rings (SSSR count). The van der Waals surface area contributed by atoms with Gasteiger partial charge in [0, 0.05) is 6.21 Å². The molecule has 0 saturated heterocycles. The van der Waals surface area contributed by atoms with E-state index in [1.165, 1.54) is 0 Å². The van der Waals surface area contributed by atoms with E-state index in [-0.39, 0.29) is 0 Å². The minimum Gasteiger partial charge on any atom is -0.249 e. The van der Waals surface area contributed by atoms with Crippen LogP contribution in [0.3, 0.4) is 0 Å². The predicted octanol–water partition coefficient (Wildman–Crippen LogP) is 2.73. The molecule has 0 atom stereocenters. The summed E-state index contributed by atoms with van der Waals surface area (Å²) in [5.41, 5.74) is 0.898. The quantitative estimate of drug-likeness (QED) is 0.320. The summed E-state index contributed by atoms with van der Waals surface area (Å²) in [6.07, 6.45) is 3.32. The van der Waals surface area contributed by atoms with Gasteiger partial charge in [0.25, 0.3) is 0 Å². The summed E-state index contributed by atoms with van der Waals surface area (Å²) < 4.78 is 0. The molecule has 50 valence electrons. The number of hydrogen-bond donors (Lipinski definition) is 0. The zero-order valence-corrected chi connectivity index (χ0v) is 6.44. The van der Waals surface area contributed by atoms with Crippen molar-refractivity contribution >= 4 is 17.8 Å². The van der Waals surface area contributed by atoms with Gasteiger partial charge < -0.3 is 0 Å². The summed E-state index contributed by atoms with van der Waals surface area (Å²) >= 11 is 5.64. The molecule has 0 unspecified atom stereocenters. The van der Waals surface area contributed by atoms with Crippen molar-refractivity contribution in [3.05, 3.63) is 23.4 Å². The second-order valence-corrected chi connectivity index (χ2v) is 1.92. The molecule has 0 saturated carbocycles. The third-order valence-corrected chi connectivity index (χ3v) is 1.27. The smallest absolute Gasteiger partial charge is 0.131 e. The largest absolute Gasteiger partial charge is 0.249 e. The Kier molecular flexibility index (Phi) is 4.06. The van der Waals surface area contributed by atoms with Gasteiger partial charge in [-0.05, 0) is 19.4 Å². The molecule has 0 radical (unpaired) electrons. The van der Waals surface area contributed by atoms with Crippen LogP contribution in [0.4, 0.5) is 0 Å². The molecule has 9 heavy (non-hydrogen) atoms. The van der Waals surface area contributed by atoms with E-state index >= 15 is 0 Å². The van der Waals surface area contributed by atoms with E-state index in [4.69, 9.17) is 11.6 Å². The average Bonchev–Trinajstić information content (AvgIpc) is 1.87. The van der Waals surface area contributed by atoms with Crippen LogP contribution in [0.15, 0.2) is 28.4 Å². The molecule has 0 amide bonds. The normalized spacial score (nSPS) is 13.7. The first-order valence-electron chi connectivity index (χ1n) is 2.70. The lowest BCUT2D eigenvalue weighted by atomic mass is 10.3. The number of halogens is 1. The van der Waals surface area contributed by atoms with E-state index in [0.717, 1.165) is 5.57 Å². The summed E-state index contributed by atoms with van der Waals surface area (Å²) in [7, 11) is 0. The minimum absolute atomic E-state index is 0.507. The number of rotatable bonds is 2. The van der Waals surface area contributed by atoms with Crippen LogP contribution in [0.1, 0.15) is 13.8 Å². The Morgan fingerprint density at radius 2 is 2.22 bits per heavy atom. The molecule has 0 aliphatic rings. The SMILES string of the molecule is C=C/C(C)=C(Cl)\N=C/C. The third-order valence-electron chi connectivity index (χ3n) is 0.874. The first kappa shape index (κ1) is 8.44. The van der Waals surface area contributed by atoms with Crippen molar-refractivity contribution in [3.63, 3.8) is 0 Å². The highest BCUT2D eigenvalue weighted by atomic mass is 35.5. The molecule has 0 fully saturated rings. The molecule has 0 aromatic rings. The molecule has 0 N–H and O–H groups in total. The van der Waals surface area contributed by atoms with E-state index < -0.39 is 0 Å². The maximum absolute atomic E-state index is 5.64. The van der Waals surface area contributed by atoms with Gasteiger partial charge in [-0.25, -0.2) is 4.99 Å². The maximum atomic E-state index is 5.64. The highest BCUT2D eigenvalue weighted by Crippen LogP contribution is 2.09. The van der Waals surface area contributed by atoms with Crippen molar-refractivity contribution in [2.75, 3.05) is 0 Å². The van der Waals surface area contributed by atoms with Crippen molar-refractivity contribution in [1.29, 1.82) is 0 Å². The van der Waals surface area contributed by atoms with E-state index in [9.17, 15) is 0 Å². The zero-order valence-electron chi connectivity index (χ0n) is 5.69. The Morgan fingerprint density at radius 3 is 2.56 bits per heavy atom. The van der Waals surface area contributed by atoms with Gasteiger partial charge >= 0.3 is 0 Å². The second kappa shape index (κ2) is 4.33. The molecule has 0 aliphatic heterocycles. The molecular formula is C7H10ClN. The standard InChI is InChI=1S/C7H10ClN/c1-4-6(3)7(8)9-5-2/h4-5H,1H2,2-3H3/b7-6-,9-5-. The lowest BCUT2D eigenvalue weighted by Crippen LogP contribution is -1.71. The number of hydrogen-bond acceptors (Lipinski definition) is 1. The fraction of sp³-hybridized carbons (Fsp3) is 0.286. The molecule has 0 aromatic heterocycles. The Hall–Kier alpha value is -0.560. The molecule has 0 spiro atoms. The molecule has 1 nitrogen and oxygen atoms in total. The van der Waals surface area contributed by atoms with Crippen molar-refractivity contribution in [1.82, 2.24) is 0 Å². The van der Waals surface area contributed by atoms with Gasteiger partial charge in [-0.1, -0.05) is 24.3 Å². The highest BCUT2D eigenvalue weighted by molar-refractivity contribution is 6.30. The van der Waals surface area contributed by atoms with Gasteiger partial charge in [0.15, 0.2) is 0 Å². The first-order chi connectivity index (χ1) is 4.22. The molecule has 2 heteroatoms. The van der Waals surface area contributed by atoms with Crippen LogP contribution in [0, 0.1) is 0 Å². The maximum Gasteiger partial charge on any atom is 0.131 e. The Morgan fingerprint density at radius 1 is 1.67 bits per heavy atom. The Balaban J connectivity index is 4.27. The fourth-order valence-electron chi connectivity index (χ4n) is 0.299. The second-order valence-electron chi connectivity index (χ2n) is 1.57. The van der Waals surface area contributed by atoms with Gasteiger partial charge in [0.1, 0.15) is 5.16 Å². The fourth-order valence-corrected chi connectivity index (χ4v) is 0.474. The van der Waals surface area contributed by atoms with Crippen LogP contribution in [0.2, 0.25) is 0 Å². The molecule has 0 bridgehead atoms. The third kappa shape index (κ3) is 3.09. The highest BCUT2D eigenvalue weighted by Gasteiger charge is 1.88. The van der Waals surface area contributed by atoms with Crippen molar-refractivity contribution in [2.24, 2.45) is 4.99 Å². The van der Waals surface area contributed by atoms with E-state index in [1.54, 1.807) is 12.3 Å². The molecule has 0 aromatic carbocycles. The van der Waals surface area contributed by atoms with Crippen molar-refractivity contribution in [2.45, 2.75) is 13.8 Å². The van der Waals surface area contributed by atoms with Gasteiger partial charge in [0.2, 0.25) is 0 Å². The van der Waals surface area contributed by atoms with Gasteiger partial charge in [0.05, 0.1) is 0 Å². The van der Waals surface area contributed by atoms with Gasteiger partial charge in [-0.3, -0.25) is 0 Å². The lowest BCUT2D eigenvalue weighted by molar-refractivity contribution is 1.39. The summed E-state index contributed by atoms with van der Waals surface area (Å²) in [5, 5.41) is 0.507. The molecule has 0 aliphatic carbocycles. The first-order valence-corrected chi connectivity index (χ1v) is 3.07. The molecular weight excluding hydrogens is 134 g/mol. The van der Waals surface area contributed by atoms with Crippen LogP contribution in [-0.2, 0) is 0 Å². The van der Waals surface area contributed by atoms with Gasteiger partial charge in [-0.15, -0.1) is 0 Å². The predicted molar refractivity (Wildman–Crippen MR) is 42.9 cm³/mol. The number of aliphatic imine (C=N–C) groups is 1. The Labute approximate surface area is 60.7 Å². The van der Waals surface area contributed by atoms with Crippen LogP contribution >= 0.6 is 11.6 Å².